The van der Waals surface area contributed by atoms with Crippen molar-refractivity contribution in [1.82, 2.24) is 9.78 Å². The second-order valence-corrected chi connectivity index (χ2v) is 8.89. The summed E-state index contributed by atoms with van der Waals surface area (Å²) in [6.45, 7) is 3.25. The molecule has 4 aromatic carbocycles. The molecule has 39 heavy (non-hydrogen) atoms. The number of benzene rings is 4. The van der Waals surface area contributed by atoms with E-state index in [1.54, 1.807) is 42.5 Å². The van der Waals surface area contributed by atoms with Gasteiger partial charge in [0.2, 0.25) is 5.88 Å². The highest BCUT2D eigenvalue weighted by molar-refractivity contribution is 6.04. The Balaban J connectivity index is 1.62. The number of anilines is 1. The van der Waals surface area contributed by atoms with Gasteiger partial charge in [-0.3, -0.25) is 9.59 Å². The predicted octanol–water partition coefficient (Wildman–Crippen LogP) is 6.97. The van der Waals surface area contributed by atoms with E-state index in [2.05, 4.69) is 5.32 Å². The molecule has 5 aromatic rings. The number of nitrogens with zero attached hydrogens (tertiary/aromatic N) is 2. The Kier molecular flexibility index (Phi) is 7.01. The first-order valence-electron chi connectivity index (χ1n) is 12.1. The van der Waals surface area contributed by atoms with E-state index in [0.717, 1.165) is 5.56 Å². The van der Waals surface area contributed by atoms with Crippen LogP contribution in [0.3, 0.4) is 0 Å². The molecule has 0 spiro atoms. The van der Waals surface area contributed by atoms with Crippen molar-refractivity contribution in [3.63, 3.8) is 0 Å². The van der Waals surface area contributed by atoms with Gasteiger partial charge in [0.15, 0.2) is 0 Å². The monoisotopic (exact) mass is 523 g/mol. The molecule has 1 aromatic heterocycles. The summed E-state index contributed by atoms with van der Waals surface area (Å²) >= 11 is 0. The quantitative estimate of drug-likeness (QED) is 0.244. The molecule has 0 radical (unpaired) electrons. The third-order valence-corrected chi connectivity index (χ3v) is 6.01. The van der Waals surface area contributed by atoms with Crippen LogP contribution in [0.4, 0.5) is 14.5 Å². The molecular weight excluding hydrogens is 500 g/mol. The van der Waals surface area contributed by atoms with Gasteiger partial charge in [-0.1, -0.05) is 54.1 Å². The van der Waals surface area contributed by atoms with Gasteiger partial charge >= 0.3 is 5.97 Å². The fourth-order valence-electron chi connectivity index (χ4n) is 4.16. The standard InChI is InChI=1S/C31H23F2N3O3/c1-19-10-16-25(17-11-19)36-31(39-20(2)37)28(29(35-36)22-6-5-7-23(32)18-22)21-12-14-24(15-13-21)34-30(38)26-8-3-4-9-27(26)33/h3-18H,1-2H3,(H,34,38). The van der Waals surface area contributed by atoms with Crippen molar-refractivity contribution < 1.29 is 23.1 Å². The van der Waals surface area contributed by atoms with Crippen LogP contribution in [-0.4, -0.2) is 21.7 Å². The summed E-state index contributed by atoms with van der Waals surface area (Å²) in [5, 5.41) is 7.41. The number of carbonyl (C=O) groups excluding carboxylic acids is 2. The maximum absolute atomic E-state index is 14.2. The highest BCUT2D eigenvalue weighted by Crippen LogP contribution is 2.41. The van der Waals surface area contributed by atoms with E-state index >= 15 is 0 Å². The van der Waals surface area contributed by atoms with Crippen LogP contribution in [0, 0.1) is 18.6 Å². The van der Waals surface area contributed by atoms with E-state index in [-0.39, 0.29) is 11.4 Å². The molecule has 0 saturated carbocycles. The molecule has 194 valence electrons. The molecule has 8 heteroatoms. The largest absolute Gasteiger partial charge is 0.407 e. The summed E-state index contributed by atoms with van der Waals surface area (Å²) in [6, 6.07) is 25.9. The number of esters is 1. The van der Waals surface area contributed by atoms with Crippen LogP contribution < -0.4 is 10.1 Å². The molecule has 1 amide bonds. The minimum Gasteiger partial charge on any atom is -0.407 e. The highest BCUT2D eigenvalue weighted by atomic mass is 19.1. The minimum atomic E-state index is -0.624. The van der Waals surface area contributed by atoms with Crippen molar-refractivity contribution in [2.75, 3.05) is 5.32 Å². The number of aromatic nitrogens is 2. The molecule has 0 aliphatic heterocycles. The fourth-order valence-corrected chi connectivity index (χ4v) is 4.16. The number of carbonyl (C=O) groups is 2. The summed E-state index contributed by atoms with van der Waals surface area (Å²) < 4.78 is 35.4. The van der Waals surface area contributed by atoms with Crippen molar-refractivity contribution >= 4 is 17.6 Å². The van der Waals surface area contributed by atoms with Crippen LogP contribution in [-0.2, 0) is 4.79 Å². The number of aryl methyl sites for hydroxylation is 1. The number of halogens is 2. The van der Waals surface area contributed by atoms with Crippen LogP contribution >= 0.6 is 0 Å². The molecule has 0 aliphatic rings. The van der Waals surface area contributed by atoms with Gasteiger partial charge in [-0.05, 0) is 61.0 Å². The van der Waals surface area contributed by atoms with Crippen molar-refractivity contribution in [2.45, 2.75) is 13.8 Å². The van der Waals surface area contributed by atoms with E-state index in [9.17, 15) is 18.4 Å². The van der Waals surface area contributed by atoms with Gasteiger partial charge in [-0.2, -0.15) is 9.78 Å². The number of amides is 1. The lowest BCUT2D eigenvalue weighted by Crippen LogP contribution is -2.13. The van der Waals surface area contributed by atoms with Gasteiger partial charge in [-0.15, -0.1) is 0 Å². The maximum Gasteiger partial charge on any atom is 0.309 e. The smallest absolute Gasteiger partial charge is 0.309 e. The Bertz CT molecular complexity index is 1680. The Hall–Kier alpha value is -5.11. The second kappa shape index (κ2) is 10.7. The first kappa shape index (κ1) is 25.5. The van der Waals surface area contributed by atoms with Crippen LogP contribution in [0.15, 0.2) is 97.1 Å². The van der Waals surface area contributed by atoms with E-state index < -0.39 is 23.5 Å². The number of ether oxygens (including phenoxy) is 1. The van der Waals surface area contributed by atoms with Gasteiger partial charge in [0.1, 0.15) is 17.3 Å². The zero-order chi connectivity index (χ0) is 27.5. The van der Waals surface area contributed by atoms with Crippen LogP contribution in [0.2, 0.25) is 0 Å². The number of hydrogen-bond acceptors (Lipinski definition) is 4. The van der Waals surface area contributed by atoms with Gasteiger partial charge in [0.05, 0.1) is 16.8 Å². The topological polar surface area (TPSA) is 73.2 Å². The first-order chi connectivity index (χ1) is 18.8. The fraction of sp³-hybridized carbons (Fsp3) is 0.0645. The molecule has 0 fully saturated rings. The third-order valence-electron chi connectivity index (χ3n) is 6.01. The molecule has 1 heterocycles. The summed E-state index contributed by atoms with van der Waals surface area (Å²) in [6.07, 6.45) is 0. The normalized spacial score (nSPS) is 10.8. The number of rotatable bonds is 6. The average Bonchev–Trinajstić information content (AvgIpc) is 3.28. The third kappa shape index (κ3) is 5.45. The Morgan fingerprint density at radius 2 is 1.56 bits per heavy atom. The lowest BCUT2D eigenvalue weighted by Gasteiger charge is -2.11. The second-order valence-electron chi connectivity index (χ2n) is 8.89. The lowest BCUT2D eigenvalue weighted by atomic mass is 10.0. The molecule has 1 N–H and O–H groups in total. The first-order valence-corrected chi connectivity index (χ1v) is 12.1. The van der Waals surface area contributed by atoms with E-state index in [0.29, 0.717) is 33.8 Å². The Morgan fingerprint density at radius 3 is 2.23 bits per heavy atom. The highest BCUT2D eigenvalue weighted by Gasteiger charge is 2.25. The summed E-state index contributed by atoms with van der Waals surface area (Å²) in [4.78, 5) is 24.7. The number of nitrogens with one attached hydrogen (secondary N) is 1. The van der Waals surface area contributed by atoms with Gasteiger partial charge in [0, 0.05) is 18.2 Å². The Labute approximate surface area is 223 Å². The molecule has 5 rings (SSSR count). The predicted molar refractivity (Wildman–Crippen MR) is 145 cm³/mol. The van der Waals surface area contributed by atoms with Crippen LogP contribution in [0.25, 0.3) is 28.1 Å². The molecule has 0 atom stereocenters. The maximum atomic E-state index is 14.2. The van der Waals surface area contributed by atoms with Crippen LogP contribution in [0.1, 0.15) is 22.8 Å². The van der Waals surface area contributed by atoms with Crippen molar-refractivity contribution in [3.05, 3.63) is 120 Å². The van der Waals surface area contributed by atoms with E-state index in [1.807, 2.05) is 31.2 Å². The van der Waals surface area contributed by atoms with Crippen molar-refractivity contribution in [2.24, 2.45) is 0 Å². The summed E-state index contributed by atoms with van der Waals surface area (Å²) in [5.74, 6) is -2.05. The molecule has 6 nitrogen and oxygen atoms in total. The molecular formula is C31H23F2N3O3. The Morgan fingerprint density at radius 1 is 0.846 bits per heavy atom. The van der Waals surface area contributed by atoms with Gasteiger partial charge in [-0.25, -0.2) is 8.78 Å². The summed E-state index contributed by atoms with van der Waals surface area (Å²) in [5.41, 5.74) is 3.99. The van der Waals surface area contributed by atoms with Crippen molar-refractivity contribution in [1.29, 1.82) is 0 Å². The lowest BCUT2D eigenvalue weighted by molar-refractivity contribution is -0.132. The van der Waals surface area contributed by atoms with Gasteiger partial charge < -0.3 is 10.1 Å². The van der Waals surface area contributed by atoms with E-state index in [1.165, 1.54) is 41.9 Å². The zero-order valence-corrected chi connectivity index (χ0v) is 21.1. The number of hydrogen-bond donors (Lipinski definition) is 1. The zero-order valence-electron chi connectivity index (χ0n) is 21.1. The average molecular weight is 524 g/mol. The molecule has 0 aliphatic carbocycles. The van der Waals surface area contributed by atoms with Gasteiger partial charge in [0.25, 0.3) is 5.91 Å². The van der Waals surface area contributed by atoms with E-state index in [4.69, 9.17) is 9.84 Å². The van der Waals surface area contributed by atoms with Crippen LogP contribution in [0.5, 0.6) is 5.88 Å². The summed E-state index contributed by atoms with van der Waals surface area (Å²) in [7, 11) is 0. The van der Waals surface area contributed by atoms with Crippen molar-refractivity contribution in [3.8, 4) is 34.0 Å². The SMILES string of the molecule is CC(=O)Oc1c(-c2ccc(NC(=O)c3ccccc3F)cc2)c(-c2cccc(F)c2)nn1-c1ccc(C)cc1. The molecule has 0 unspecified atom stereocenters. The minimum absolute atomic E-state index is 0.0773. The molecule has 0 bridgehead atoms. The molecule has 0 saturated heterocycles.